The van der Waals surface area contributed by atoms with Crippen molar-refractivity contribution >= 4 is 5.57 Å². The Bertz CT molecular complexity index is 481. The lowest BCUT2D eigenvalue weighted by molar-refractivity contribution is 0.353. The molecule has 3 rings (SSSR count). The van der Waals surface area contributed by atoms with Gasteiger partial charge in [0.25, 0.3) is 0 Å². The molecule has 90 valence electrons. The molecule has 1 saturated heterocycles. The van der Waals surface area contributed by atoms with Gasteiger partial charge in [-0.2, -0.15) is 0 Å². The fraction of sp³-hybridized carbons (Fsp3) is 0.500. The predicted molar refractivity (Wildman–Crippen MR) is 68.0 cm³/mol. The van der Waals surface area contributed by atoms with Gasteiger partial charge >= 0.3 is 0 Å². The average molecular weight is 230 g/mol. The van der Waals surface area contributed by atoms with Crippen LogP contribution in [0.15, 0.2) is 18.3 Å². The van der Waals surface area contributed by atoms with Crippen molar-refractivity contribution in [1.82, 2.24) is 9.88 Å². The number of methoxy groups -OCH3 is 1. The van der Waals surface area contributed by atoms with Gasteiger partial charge in [-0.15, -0.1) is 0 Å². The second-order valence-corrected chi connectivity index (χ2v) is 5.11. The summed E-state index contributed by atoms with van der Waals surface area (Å²) in [4.78, 5) is 6.78. The van der Waals surface area contributed by atoms with Crippen molar-refractivity contribution in [2.24, 2.45) is 5.92 Å². The van der Waals surface area contributed by atoms with Crippen molar-refractivity contribution in [3.8, 4) is 5.88 Å². The molecule has 1 aliphatic carbocycles. The number of rotatable bonds is 2. The topological polar surface area (TPSA) is 25.4 Å². The van der Waals surface area contributed by atoms with Crippen LogP contribution in [0.2, 0.25) is 0 Å². The standard InChI is InChI=1S/C14H18N2O/c1-9-4-14(17-3)15-7-12(9)11-5-10-6-13(11)16(2)8-10/h4-5,7,10,13H,6,8H2,1-3H3. The zero-order valence-corrected chi connectivity index (χ0v) is 10.6. The molecule has 1 aromatic heterocycles. The van der Waals surface area contributed by atoms with Crippen LogP contribution in [-0.4, -0.2) is 36.6 Å². The lowest BCUT2D eigenvalue weighted by atomic mass is 9.98. The SMILES string of the molecule is COc1cc(C)c(C2=CC3CC2N(C)C3)cn1. The van der Waals surface area contributed by atoms with E-state index in [0.29, 0.717) is 11.9 Å². The second-order valence-electron chi connectivity index (χ2n) is 5.11. The maximum absolute atomic E-state index is 5.15. The van der Waals surface area contributed by atoms with Crippen molar-refractivity contribution in [3.05, 3.63) is 29.5 Å². The highest BCUT2D eigenvalue weighted by Crippen LogP contribution is 2.41. The van der Waals surface area contributed by atoms with E-state index in [2.05, 4.69) is 29.9 Å². The Balaban J connectivity index is 1.98. The molecule has 0 spiro atoms. The number of likely N-dealkylation sites (N-methyl/N-ethyl adjacent to an activating group) is 1. The second kappa shape index (κ2) is 3.84. The van der Waals surface area contributed by atoms with E-state index in [1.165, 1.54) is 29.7 Å². The first kappa shape index (κ1) is 10.8. The summed E-state index contributed by atoms with van der Waals surface area (Å²) in [6, 6.07) is 2.61. The minimum Gasteiger partial charge on any atom is -0.481 e. The number of nitrogens with zero attached hydrogens (tertiary/aromatic N) is 2. The maximum atomic E-state index is 5.15. The molecule has 1 fully saturated rings. The first-order valence-corrected chi connectivity index (χ1v) is 6.12. The van der Waals surface area contributed by atoms with Gasteiger partial charge in [-0.3, -0.25) is 4.90 Å². The van der Waals surface area contributed by atoms with E-state index in [4.69, 9.17) is 4.74 Å². The Hall–Kier alpha value is -1.35. The molecule has 0 aromatic carbocycles. The molecule has 2 unspecified atom stereocenters. The lowest BCUT2D eigenvalue weighted by Gasteiger charge is -2.25. The van der Waals surface area contributed by atoms with E-state index >= 15 is 0 Å². The molecule has 3 nitrogen and oxygen atoms in total. The third kappa shape index (κ3) is 1.65. The Morgan fingerprint density at radius 2 is 2.29 bits per heavy atom. The van der Waals surface area contributed by atoms with Crippen LogP contribution in [0.1, 0.15) is 17.5 Å². The molecular formula is C14H18N2O. The third-order valence-electron chi connectivity index (χ3n) is 3.96. The van der Waals surface area contributed by atoms with Crippen LogP contribution in [0.25, 0.3) is 5.57 Å². The fourth-order valence-corrected chi connectivity index (χ4v) is 3.10. The van der Waals surface area contributed by atoms with Gasteiger partial charge in [0.2, 0.25) is 5.88 Å². The summed E-state index contributed by atoms with van der Waals surface area (Å²) in [7, 11) is 3.87. The molecule has 17 heavy (non-hydrogen) atoms. The van der Waals surface area contributed by atoms with Crippen LogP contribution in [0.4, 0.5) is 0 Å². The summed E-state index contributed by atoms with van der Waals surface area (Å²) in [5, 5.41) is 0. The highest BCUT2D eigenvalue weighted by molar-refractivity contribution is 5.74. The number of hydrogen-bond donors (Lipinski definition) is 0. The molecule has 2 aliphatic rings. The number of aromatic nitrogens is 1. The Labute approximate surface area is 102 Å². The number of fused-ring (bicyclic) bond motifs is 2. The van der Waals surface area contributed by atoms with Crippen molar-refractivity contribution in [1.29, 1.82) is 0 Å². The lowest BCUT2D eigenvalue weighted by Crippen LogP contribution is -2.28. The summed E-state index contributed by atoms with van der Waals surface area (Å²) in [6.07, 6.45) is 5.66. The van der Waals surface area contributed by atoms with Crippen molar-refractivity contribution < 1.29 is 4.74 Å². The zero-order valence-electron chi connectivity index (χ0n) is 10.6. The number of aryl methyl sites for hydroxylation is 1. The zero-order chi connectivity index (χ0) is 12.0. The third-order valence-corrected chi connectivity index (χ3v) is 3.96. The van der Waals surface area contributed by atoms with Gasteiger partial charge in [0.05, 0.1) is 7.11 Å². The highest BCUT2D eigenvalue weighted by Gasteiger charge is 2.37. The summed E-state index contributed by atoms with van der Waals surface area (Å²) in [6.45, 7) is 3.34. The number of ether oxygens (including phenoxy) is 1. The van der Waals surface area contributed by atoms with Crippen LogP contribution >= 0.6 is 0 Å². The summed E-state index contributed by atoms with van der Waals surface area (Å²) >= 11 is 0. The molecule has 0 radical (unpaired) electrons. The van der Waals surface area contributed by atoms with Crippen LogP contribution < -0.4 is 4.74 Å². The van der Waals surface area contributed by atoms with Crippen LogP contribution in [0.3, 0.4) is 0 Å². The molecular weight excluding hydrogens is 212 g/mol. The quantitative estimate of drug-likeness (QED) is 0.778. The Morgan fingerprint density at radius 3 is 2.88 bits per heavy atom. The molecule has 2 atom stereocenters. The molecule has 3 heteroatoms. The predicted octanol–water partition coefficient (Wildman–Crippen LogP) is 2.12. The summed E-state index contributed by atoms with van der Waals surface area (Å²) in [5.74, 6) is 1.44. The normalized spacial score (nSPS) is 27.4. The summed E-state index contributed by atoms with van der Waals surface area (Å²) < 4.78 is 5.15. The molecule has 0 saturated carbocycles. The Morgan fingerprint density at radius 1 is 1.47 bits per heavy atom. The van der Waals surface area contributed by atoms with E-state index in [9.17, 15) is 0 Å². The maximum Gasteiger partial charge on any atom is 0.213 e. The first-order valence-electron chi connectivity index (χ1n) is 6.12. The van der Waals surface area contributed by atoms with Gasteiger partial charge in [-0.25, -0.2) is 4.98 Å². The molecule has 1 aromatic rings. The van der Waals surface area contributed by atoms with E-state index in [0.717, 1.165) is 5.92 Å². The van der Waals surface area contributed by atoms with Crippen LogP contribution in [0, 0.1) is 12.8 Å². The van der Waals surface area contributed by atoms with Crippen LogP contribution in [-0.2, 0) is 0 Å². The summed E-state index contributed by atoms with van der Waals surface area (Å²) in [5.41, 5.74) is 3.99. The first-order chi connectivity index (χ1) is 8.19. The van der Waals surface area contributed by atoms with Crippen molar-refractivity contribution in [2.45, 2.75) is 19.4 Å². The van der Waals surface area contributed by atoms with Gasteiger partial charge in [0.15, 0.2) is 0 Å². The number of hydrogen-bond acceptors (Lipinski definition) is 3. The van der Waals surface area contributed by atoms with E-state index in [-0.39, 0.29) is 0 Å². The van der Waals surface area contributed by atoms with E-state index in [1.807, 2.05) is 12.3 Å². The molecule has 2 bridgehead atoms. The van der Waals surface area contributed by atoms with Crippen LogP contribution in [0.5, 0.6) is 5.88 Å². The van der Waals surface area contributed by atoms with Crippen molar-refractivity contribution in [3.63, 3.8) is 0 Å². The number of pyridine rings is 1. The van der Waals surface area contributed by atoms with Gasteiger partial charge in [0, 0.05) is 30.4 Å². The van der Waals surface area contributed by atoms with Gasteiger partial charge < -0.3 is 4.74 Å². The molecule has 2 heterocycles. The molecule has 0 amide bonds. The Kier molecular flexibility index (Phi) is 2.44. The van der Waals surface area contributed by atoms with E-state index < -0.39 is 0 Å². The largest absolute Gasteiger partial charge is 0.481 e. The van der Waals surface area contributed by atoms with E-state index in [1.54, 1.807) is 7.11 Å². The monoisotopic (exact) mass is 230 g/mol. The molecule has 0 N–H and O–H groups in total. The minimum absolute atomic E-state index is 0.592. The molecule has 1 aliphatic heterocycles. The fourth-order valence-electron chi connectivity index (χ4n) is 3.10. The van der Waals surface area contributed by atoms with Crippen molar-refractivity contribution in [2.75, 3.05) is 20.7 Å². The smallest absolute Gasteiger partial charge is 0.213 e. The minimum atomic E-state index is 0.592. The van der Waals surface area contributed by atoms with Gasteiger partial charge in [-0.1, -0.05) is 6.08 Å². The van der Waals surface area contributed by atoms with Gasteiger partial charge in [0.1, 0.15) is 0 Å². The van der Waals surface area contributed by atoms with Gasteiger partial charge in [-0.05, 0) is 37.4 Å². The average Bonchev–Trinajstić information content (AvgIpc) is 2.87. The number of likely N-dealkylation sites (tertiary alicyclic amines) is 1. The highest BCUT2D eigenvalue weighted by atomic mass is 16.5.